The third-order valence-corrected chi connectivity index (χ3v) is 3.58. The van der Waals surface area contributed by atoms with Crippen molar-refractivity contribution in [1.29, 1.82) is 0 Å². The molecule has 0 saturated carbocycles. The first-order chi connectivity index (χ1) is 8.62. The Morgan fingerprint density at radius 2 is 1.94 bits per heavy atom. The molecule has 1 fully saturated rings. The smallest absolute Gasteiger partial charge is 0.131 e. The molecule has 1 aromatic rings. The molecule has 1 saturated heterocycles. The van der Waals surface area contributed by atoms with Crippen molar-refractivity contribution in [1.82, 2.24) is 0 Å². The lowest BCUT2D eigenvalue weighted by molar-refractivity contribution is -0.312. The first kappa shape index (κ1) is 13.4. The Kier molecular flexibility index (Phi) is 4.25. The van der Waals surface area contributed by atoms with Crippen molar-refractivity contribution in [3.63, 3.8) is 0 Å². The van der Waals surface area contributed by atoms with E-state index >= 15 is 0 Å². The van der Waals surface area contributed by atoms with E-state index in [9.17, 15) is 9.90 Å². The molecule has 98 valence electrons. The van der Waals surface area contributed by atoms with E-state index in [0.717, 1.165) is 30.7 Å². The molecule has 1 unspecified atom stereocenters. The molecular formula is C14H16ClO3-. The van der Waals surface area contributed by atoms with Crippen LogP contribution in [-0.4, -0.2) is 18.2 Å². The largest absolute Gasteiger partial charge is 0.547 e. The van der Waals surface area contributed by atoms with Gasteiger partial charge in [-0.2, -0.15) is 0 Å². The van der Waals surface area contributed by atoms with Crippen LogP contribution in [0.4, 0.5) is 0 Å². The van der Waals surface area contributed by atoms with Gasteiger partial charge >= 0.3 is 0 Å². The molecule has 1 aliphatic heterocycles. The minimum atomic E-state index is -1.07. The van der Waals surface area contributed by atoms with E-state index in [-0.39, 0.29) is 0 Å². The van der Waals surface area contributed by atoms with Crippen molar-refractivity contribution in [2.75, 3.05) is 6.61 Å². The van der Waals surface area contributed by atoms with Crippen LogP contribution in [0.2, 0.25) is 5.02 Å². The van der Waals surface area contributed by atoms with Crippen molar-refractivity contribution in [3.05, 3.63) is 34.9 Å². The first-order valence-corrected chi connectivity index (χ1v) is 6.60. The molecule has 1 atom stereocenters. The maximum atomic E-state index is 10.8. The number of unbranched alkanes of at least 4 members (excludes halogenated alkanes) is 2. The Balaban J connectivity index is 1.62. The molecule has 1 aliphatic rings. The molecule has 0 aromatic heterocycles. The van der Waals surface area contributed by atoms with Gasteiger partial charge in [0, 0.05) is 5.02 Å². The Morgan fingerprint density at radius 1 is 1.28 bits per heavy atom. The van der Waals surface area contributed by atoms with Crippen LogP contribution in [0.1, 0.15) is 31.2 Å². The fraction of sp³-hybridized carbons (Fsp3) is 0.500. The third kappa shape index (κ3) is 3.47. The summed E-state index contributed by atoms with van der Waals surface area (Å²) in [6.45, 7) is 0.312. The zero-order chi connectivity index (χ0) is 13.0. The lowest BCUT2D eigenvalue weighted by atomic mass is 10.0. The van der Waals surface area contributed by atoms with E-state index in [1.54, 1.807) is 0 Å². The number of hydrogen-bond donors (Lipinski definition) is 0. The van der Waals surface area contributed by atoms with Crippen molar-refractivity contribution in [3.8, 4) is 0 Å². The van der Waals surface area contributed by atoms with Gasteiger partial charge in [-0.05, 0) is 37.0 Å². The van der Waals surface area contributed by atoms with Crippen LogP contribution in [0.3, 0.4) is 0 Å². The maximum absolute atomic E-state index is 10.8. The standard InChI is InChI=1S/C14H17ClO3/c15-12-7-5-11(6-8-12)4-2-1-3-9-14(10-18-14)13(16)17/h5-8H,1-4,9-10H2,(H,16,17)/p-1. The number of carboxylic acid groups (broad SMARTS) is 1. The van der Waals surface area contributed by atoms with E-state index in [1.807, 2.05) is 24.3 Å². The Morgan fingerprint density at radius 3 is 2.50 bits per heavy atom. The van der Waals surface area contributed by atoms with Crippen molar-refractivity contribution in [2.45, 2.75) is 37.7 Å². The SMILES string of the molecule is O=C([O-])C1(CCCCCc2ccc(Cl)cc2)CO1. The molecule has 0 spiro atoms. The van der Waals surface area contributed by atoms with Crippen LogP contribution in [0.5, 0.6) is 0 Å². The summed E-state index contributed by atoms with van der Waals surface area (Å²) in [6.07, 6.45) is 4.47. The Bertz CT molecular complexity index is 410. The van der Waals surface area contributed by atoms with Gasteiger partial charge in [0.25, 0.3) is 0 Å². The van der Waals surface area contributed by atoms with Crippen LogP contribution in [0.15, 0.2) is 24.3 Å². The molecule has 0 aliphatic carbocycles. The number of epoxide rings is 1. The number of aliphatic carboxylic acids is 1. The molecule has 2 rings (SSSR count). The average Bonchev–Trinajstić information content (AvgIpc) is 3.12. The molecule has 18 heavy (non-hydrogen) atoms. The van der Waals surface area contributed by atoms with Crippen molar-refractivity contribution < 1.29 is 14.6 Å². The van der Waals surface area contributed by atoms with E-state index in [0.29, 0.717) is 13.0 Å². The first-order valence-electron chi connectivity index (χ1n) is 6.22. The summed E-state index contributed by atoms with van der Waals surface area (Å²) in [5, 5.41) is 11.5. The molecule has 1 heterocycles. The lowest BCUT2D eigenvalue weighted by Gasteiger charge is -2.12. The summed E-state index contributed by atoms with van der Waals surface area (Å²) in [4.78, 5) is 10.8. The normalized spacial score (nSPS) is 21.8. The van der Waals surface area contributed by atoms with Crippen LogP contribution in [0, 0.1) is 0 Å². The number of carbonyl (C=O) groups excluding carboxylic acids is 1. The van der Waals surface area contributed by atoms with Gasteiger partial charge in [0.1, 0.15) is 5.60 Å². The van der Waals surface area contributed by atoms with Crippen LogP contribution in [0.25, 0.3) is 0 Å². The van der Waals surface area contributed by atoms with Gasteiger partial charge in [-0.25, -0.2) is 0 Å². The number of aryl methyl sites for hydroxylation is 1. The van der Waals surface area contributed by atoms with E-state index < -0.39 is 11.6 Å². The second-order valence-electron chi connectivity index (χ2n) is 4.76. The van der Waals surface area contributed by atoms with Gasteiger partial charge in [0.15, 0.2) is 0 Å². The van der Waals surface area contributed by atoms with Crippen molar-refractivity contribution in [2.24, 2.45) is 0 Å². The Hall–Kier alpha value is -1.06. The monoisotopic (exact) mass is 267 g/mol. The minimum absolute atomic E-state index is 0.312. The van der Waals surface area contributed by atoms with Gasteiger partial charge in [-0.1, -0.05) is 36.6 Å². The van der Waals surface area contributed by atoms with Crippen LogP contribution < -0.4 is 5.11 Å². The lowest BCUT2D eigenvalue weighted by Crippen LogP contribution is -2.38. The number of rotatable bonds is 7. The fourth-order valence-electron chi connectivity index (χ4n) is 2.02. The molecule has 4 heteroatoms. The fourth-order valence-corrected chi connectivity index (χ4v) is 2.14. The van der Waals surface area contributed by atoms with E-state index in [4.69, 9.17) is 16.3 Å². The highest BCUT2D eigenvalue weighted by atomic mass is 35.5. The Labute approximate surface area is 112 Å². The molecular weight excluding hydrogens is 252 g/mol. The number of benzene rings is 1. The second-order valence-corrected chi connectivity index (χ2v) is 5.19. The molecule has 3 nitrogen and oxygen atoms in total. The quantitative estimate of drug-likeness (QED) is 0.561. The summed E-state index contributed by atoms with van der Waals surface area (Å²) in [6, 6.07) is 7.82. The van der Waals surface area contributed by atoms with Gasteiger partial charge in [-0.15, -0.1) is 0 Å². The number of carbonyl (C=O) groups is 1. The highest BCUT2D eigenvalue weighted by Crippen LogP contribution is 2.32. The van der Waals surface area contributed by atoms with Crippen LogP contribution >= 0.6 is 11.6 Å². The van der Waals surface area contributed by atoms with Crippen molar-refractivity contribution >= 4 is 17.6 Å². The summed E-state index contributed by atoms with van der Waals surface area (Å²) >= 11 is 5.81. The summed E-state index contributed by atoms with van der Waals surface area (Å²) < 4.78 is 4.96. The number of carboxylic acids is 1. The van der Waals surface area contributed by atoms with Gasteiger partial charge in [0.2, 0.25) is 0 Å². The summed E-state index contributed by atoms with van der Waals surface area (Å²) in [5.74, 6) is -1.07. The van der Waals surface area contributed by atoms with E-state index in [2.05, 4.69) is 0 Å². The minimum Gasteiger partial charge on any atom is -0.547 e. The second kappa shape index (κ2) is 5.72. The predicted octanol–water partition coefficient (Wildman–Crippen LogP) is 1.96. The number of halogens is 1. The third-order valence-electron chi connectivity index (χ3n) is 3.32. The summed E-state index contributed by atoms with van der Waals surface area (Å²) in [7, 11) is 0. The molecule has 0 radical (unpaired) electrons. The molecule has 1 aromatic carbocycles. The highest BCUT2D eigenvalue weighted by molar-refractivity contribution is 6.30. The predicted molar refractivity (Wildman–Crippen MR) is 67.3 cm³/mol. The number of ether oxygens (including phenoxy) is 1. The van der Waals surface area contributed by atoms with E-state index in [1.165, 1.54) is 5.56 Å². The molecule has 0 N–H and O–H groups in total. The van der Waals surface area contributed by atoms with Crippen LogP contribution in [-0.2, 0) is 16.0 Å². The average molecular weight is 268 g/mol. The van der Waals surface area contributed by atoms with Gasteiger partial charge in [-0.3, -0.25) is 0 Å². The van der Waals surface area contributed by atoms with Gasteiger partial charge < -0.3 is 14.6 Å². The number of hydrogen-bond acceptors (Lipinski definition) is 3. The zero-order valence-electron chi connectivity index (χ0n) is 10.2. The summed E-state index contributed by atoms with van der Waals surface area (Å²) in [5.41, 5.74) is 0.303. The highest BCUT2D eigenvalue weighted by Gasteiger charge is 2.45. The van der Waals surface area contributed by atoms with Gasteiger partial charge in [0.05, 0.1) is 12.6 Å². The zero-order valence-corrected chi connectivity index (χ0v) is 10.9. The molecule has 0 amide bonds. The molecule has 0 bridgehead atoms. The topological polar surface area (TPSA) is 52.7 Å². The maximum Gasteiger partial charge on any atom is 0.131 e.